The maximum Gasteiger partial charge on any atom is 0.195 e. The topological polar surface area (TPSA) is 100 Å². The van der Waals surface area contributed by atoms with E-state index in [2.05, 4.69) is 17.2 Å². The molecule has 1 heterocycles. The summed E-state index contributed by atoms with van der Waals surface area (Å²) in [6.45, 7) is 2.76. The molecular formula is C10H20ClN5S. The minimum absolute atomic E-state index is 0. The van der Waals surface area contributed by atoms with E-state index in [1.54, 1.807) is 11.3 Å². The summed E-state index contributed by atoms with van der Waals surface area (Å²) in [5.41, 5.74) is 10.3. The number of guanidine groups is 2. The van der Waals surface area contributed by atoms with Crippen LogP contribution in [0.4, 0.5) is 0 Å². The van der Waals surface area contributed by atoms with E-state index in [4.69, 9.17) is 16.9 Å². The summed E-state index contributed by atoms with van der Waals surface area (Å²) in [5, 5.41) is 13.3. The molecule has 7 heteroatoms. The molecule has 0 aromatic carbocycles. The number of aliphatic imine (C=N–C) groups is 1. The van der Waals surface area contributed by atoms with Crippen LogP contribution in [0.1, 0.15) is 19.8 Å². The summed E-state index contributed by atoms with van der Waals surface area (Å²) < 4.78 is 0. The van der Waals surface area contributed by atoms with Crippen LogP contribution in [0.2, 0.25) is 0 Å². The average molecular weight is 278 g/mol. The first-order chi connectivity index (χ1) is 7.66. The van der Waals surface area contributed by atoms with Gasteiger partial charge < -0.3 is 11.5 Å². The second-order valence-corrected chi connectivity index (χ2v) is 3.77. The van der Waals surface area contributed by atoms with E-state index < -0.39 is 0 Å². The summed E-state index contributed by atoms with van der Waals surface area (Å²) in [6.07, 6.45) is 2.08. The highest BCUT2D eigenvalue weighted by molar-refractivity contribution is 7.07. The van der Waals surface area contributed by atoms with Crippen LogP contribution in [0.25, 0.3) is 0 Å². The van der Waals surface area contributed by atoms with Gasteiger partial charge in [-0.3, -0.25) is 15.7 Å². The molecule has 17 heavy (non-hydrogen) atoms. The van der Waals surface area contributed by atoms with Gasteiger partial charge in [0.15, 0.2) is 11.9 Å². The number of hydrogen-bond donors (Lipinski definition) is 4. The average Bonchev–Trinajstić information content (AvgIpc) is 2.74. The van der Waals surface area contributed by atoms with Gasteiger partial charge in [0.25, 0.3) is 0 Å². The monoisotopic (exact) mass is 277 g/mol. The van der Waals surface area contributed by atoms with E-state index in [1.807, 2.05) is 22.9 Å². The molecule has 0 radical (unpaired) electrons. The Morgan fingerprint density at radius 3 is 2.29 bits per heavy atom. The molecule has 98 valence electrons. The van der Waals surface area contributed by atoms with Crippen molar-refractivity contribution in [2.24, 2.45) is 16.5 Å². The van der Waals surface area contributed by atoms with Gasteiger partial charge in [0.05, 0.1) is 0 Å². The van der Waals surface area contributed by atoms with Crippen molar-refractivity contribution in [3.63, 3.8) is 0 Å². The predicted molar refractivity (Wildman–Crippen MR) is 78.0 cm³/mol. The third-order valence-corrected chi connectivity index (χ3v) is 2.11. The molecule has 1 aromatic heterocycles. The zero-order valence-electron chi connectivity index (χ0n) is 9.85. The number of hydrogen-bond acceptors (Lipinski definition) is 3. The molecule has 6 N–H and O–H groups in total. The molecule has 0 amide bonds. The zero-order valence-corrected chi connectivity index (χ0v) is 11.5. The van der Waals surface area contributed by atoms with Crippen molar-refractivity contribution in [1.82, 2.24) is 5.32 Å². The van der Waals surface area contributed by atoms with Gasteiger partial charge in [-0.15, -0.1) is 12.4 Å². The summed E-state index contributed by atoms with van der Waals surface area (Å²) in [6, 6.07) is 4.04. The van der Waals surface area contributed by atoms with Gasteiger partial charge in [0.1, 0.15) is 0 Å². The summed E-state index contributed by atoms with van der Waals surface area (Å²) in [7, 11) is 0. The molecule has 5 nitrogen and oxygen atoms in total. The normalized spacial score (nSPS) is 9.59. The van der Waals surface area contributed by atoms with E-state index in [0.29, 0.717) is 6.54 Å². The minimum atomic E-state index is -0.178. The van der Waals surface area contributed by atoms with Crippen LogP contribution in [0.15, 0.2) is 27.9 Å². The van der Waals surface area contributed by atoms with Crippen LogP contribution in [0.5, 0.6) is 0 Å². The summed E-state index contributed by atoms with van der Waals surface area (Å²) in [4.78, 5) is 3.92. The van der Waals surface area contributed by atoms with Gasteiger partial charge >= 0.3 is 0 Å². The first kappa shape index (κ1) is 18.1. The molecule has 0 fully saturated rings. The van der Waals surface area contributed by atoms with Gasteiger partial charge in [0, 0.05) is 6.54 Å². The van der Waals surface area contributed by atoms with Crippen molar-refractivity contribution >= 4 is 35.7 Å². The Hall–Kier alpha value is -1.27. The Morgan fingerprint density at radius 2 is 1.94 bits per heavy atom. The highest BCUT2D eigenvalue weighted by Crippen LogP contribution is 1.91. The third-order valence-electron chi connectivity index (χ3n) is 1.48. The maximum absolute atomic E-state index is 6.81. The van der Waals surface area contributed by atoms with Gasteiger partial charge in [-0.1, -0.05) is 25.5 Å². The van der Waals surface area contributed by atoms with Crippen LogP contribution in [-0.4, -0.2) is 18.5 Å². The number of nitrogens with one attached hydrogen (secondary N) is 2. The predicted octanol–water partition coefficient (Wildman–Crippen LogP) is 1.75. The smallest absolute Gasteiger partial charge is 0.195 e. The lowest BCUT2D eigenvalue weighted by atomic mass is 10.3. The molecule has 0 aliphatic carbocycles. The molecule has 1 aromatic rings. The fraction of sp³-hybridized carbons (Fsp3) is 0.400. The largest absolute Gasteiger partial charge is 0.370 e. The Morgan fingerprint density at radius 1 is 1.35 bits per heavy atom. The molecule has 1 rings (SSSR count). The van der Waals surface area contributed by atoms with E-state index in [9.17, 15) is 0 Å². The van der Waals surface area contributed by atoms with E-state index >= 15 is 0 Å². The van der Waals surface area contributed by atoms with Gasteiger partial charge in [-0.25, -0.2) is 0 Å². The second kappa shape index (κ2) is 12.8. The molecule has 0 saturated heterocycles. The fourth-order valence-corrected chi connectivity index (χ4v) is 1.22. The first-order valence-electron chi connectivity index (χ1n) is 5.05. The lowest BCUT2D eigenvalue weighted by Gasteiger charge is -2.00. The van der Waals surface area contributed by atoms with Crippen molar-refractivity contribution in [2.75, 3.05) is 6.54 Å². The molecule has 0 spiro atoms. The van der Waals surface area contributed by atoms with Crippen molar-refractivity contribution < 1.29 is 0 Å². The summed E-state index contributed by atoms with van der Waals surface area (Å²) >= 11 is 1.71. The van der Waals surface area contributed by atoms with Crippen LogP contribution < -0.4 is 16.8 Å². The number of nitrogens with two attached hydrogens (primary N) is 2. The number of thiophene rings is 1. The molecule has 0 aliphatic heterocycles. The SMILES string of the molecule is CCCCN=C(N)NC(=N)N.Cl.c1ccsc1. The van der Waals surface area contributed by atoms with Gasteiger partial charge in [0.2, 0.25) is 0 Å². The molecule has 0 aliphatic rings. The van der Waals surface area contributed by atoms with Crippen molar-refractivity contribution in [2.45, 2.75) is 19.8 Å². The van der Waals surface area contributed by atoms with Crippen LogP contribution in [0.3, 0.4) is 0 Å². The van der Waals surface area contributed by atoms with E-state index in [0.717, 1.165) is 12.8 Å². The number of unbranched alkanes of at least 4 members (excludes halogenated alkanes) is 1. The number of halogens is 1. The summed E-state index contributed by atoms with van der Waals surface area (Å²) in [5.74, 6) is 0.0358. The van der Waals surface area contributed by atoms with Crippen LogP contribution >= 0.6 is 23.7 Å². The Bertz CT molecular complexity index is 282. The quantitative estimate of drug-likeness (QED) is 0.385. The van der Waals surface area contributed by atoms with Crippen LogP contribution in [-0.2, 0) is 0 Å². The molecular weight excluding hydrogens is 258 g/mol. The standard InChI is InChI=1S/C6H15N5.C4H4S.ClH/c1-2-3-4-10-6(9)11-5(7)8;1-2-4-5-3-1;/h2-4H2,1H3,(H6,7,8,9,10,11);1-4H;1H. The Kier molecular flexibility index (Phi) is 13.6. The maximum atomic E-state index is 6.81. The highest BCUT2D eigenvalue weighted by atomic mass is 35.5. The Labute approximate surface area is 112 Å². The van der Waals surface area contributed by atoms with E-state index in [1.165, 1.54) is 0 Å². The van der Waals surface area contributed by atoms with Crippen molar-refractivity contribution in [3.8, 4) is 0 Å². The van der Waals surface area contributed by atoms with E-state index in [-0.39, 0.29) is 24.3 Å². The number of nitrogens with zero attached hydrogens (tertiary/aromatic N) is 1. The van der Waals surface area contributed by atoms with Gasteiger partial charge in [-0.05, 0) is 17.2 Å². The molecule has 0 saturated carbocycles. The van der Waals surface area contributed by atoms with Crippen molar-refractivity contribution in [1.29, 1.82) is 5.41 Å². The Balaban J connectivity index is 0. The second-order valence-electron chi connectivity index (χ2n) is 2.95. The first-order valence-corrected chi connectivity index (χ1v) is 5.99. The molecule has 0 atom stereocenters. The van der Waals surface area contributed by atoms with Crippen LogP contribution in [0, 0.1) is 5.41 Å². The minimum Gasteiger partial charge on any atom is -0.370 e. The van der Waals surface area contributed by atoms with Crippen molar-refractivity contribution in [3.05, 3.63) is 22.9 Å². The molecule has 0 bridgehead atoms. The van der Waals surface area contributed by atoms with Gasteiger partial charge in [-0.2, -0.15) is 11.3 Å². The lowest BCUT2D eigenvalue weighted by Crippen LogP contribution is -2.40. The zero-order chi connectivity index (χ0) is 12.2. The fourth-order valence-electron chi connectivity index (χ4n) is 0.762. The lowest BCUT2D eigenvalue weighted by molar-refractivity contribution is 0.804. The third kappa shape index (κ3) is 14.7. The highest BCUT2D eigenvalue weighted by Gasteiger charge is 1.90. The molecule has 0 unspecified atom stereocenters. The number of rotatable bonds is 3.